The van der Waals surface area contributed by atoms with Gasteiger partial charge >= 0.3 is 0 Å². The summed E-state index contributed by atoms with van der Waals surface area (Å²) >= 11 is 7.68. The highest BCUT2D eigenvalue weighted by Crippen LogP contribution is 2.28. The lowest BCUT2D eigenvalue weighted by atomic mass is 10.2. The minimum Gasteiger partial charge on any atom is -0.373 e. The van der Waals surface area contributed by atoms with Crippen molar-refractivity contribution in [2.24, 2.45) is 0 Å². The van der Waals surface area contributed by atoms with E-state index in [0.717, 1.165) is 5.03 Å². The first kappa shape index (κ1) is 22.0. The van der Waals surface area contributed by atoms with Gasteiger partial charge in [0.05, 0.1) is 34.1 Å². The Balaban J connectivity index is 1.85. The third kappa shape index (κ3) is 5.10. The summed E-state index contributed by atoms with van der Waals surface area (Å²) in [5.41, 5.74) is 0.708. The number of anilines is 1. The molecule has 1 aliphatic heterocycles. The van der Waals surface area contributed by atoms with Gasteiger partial charge in [0.2, 0.25) is 10.0 Å². The maximum atomic E-state index is 13.1. The zero-order chi connectivity index (χ0) is 21.2. The third-order valence-electron chi connectivity index (χ3n) is 4.40. The number of hydrogen-bond donors (Lipinski definition) is 1. The van der Waals surface area contributed by atoms with Crippen LogP contribution in [-0.4, -0.2) is 55.2 Å². The molecule has 1 N–H and O–H groups in total. The summed E-state index contributed by atoms with van der Waals surface area (Å²) in [6, 6.07) is 7.75. The molecule has 3 rings (SSSR count). The number of carbonyl (C=O) groups excluding carboxylic acids is 1. The normalized spacial score (nSPS) is 20.4. The number of aromatic nitrogens is 1. The Morgan fingerprint density at radius 3 is 2.52 bits per heavy atom. The second-order valence-corrected chi connectivity index (χ2v) is 9.91. The van der Waals surface area contributed by atoms with Crippen molar-refractivity contribution in [3.8, 4) is 0 Å². The lowest BCUT2D eigenvalue weighted by molar-refractivity contribution is -0.0440. The lowest BCUT2D eigenvalue weighted by Gasteiger charge is -2.34. The fraction of sp³-hybridized carbons (Fsp3) is 0.368. The van der Waals surface area contributed by atoms with Gasteiger partial charge in [-0.25, -0.2) is 13.4 Å². The van der Waals surface area contributed by atoms with Crippen LogP contribution in [0, 0.1) is 0 Å². The highest BCUT2D eigenvalue weighted by Gasteiger charge is 2.33. The van der Waals surface area contributed by atoms with E-state index in [2.05, 4.69) is 10.3 Å². The van der Waals surface area contributed by atoms with Crippen LogP contribution in [0.15, 0.2) is 46.5 Å². The first-order chi connectivity index (χ1) is 13.7. The molecule has 1 fully saturated rings. The SMILES string of the molecule is CSc1ccc(NC(=O)c2ccc(Cl)c(S(=O)(=O)N3CC(C)OC(C)C3)c2)cn1. The molecular formula is C19H22ClN3O4S2. The van der Waals surface area contributed by atoms with Crippen molar-refractivity contribution in [2.75, 3.05) is 24.7 Å². The molecule has 1 saturated heterocycles. The summed E-state index contributed by atoms with van der Waals surface area (Å²) < 4.78 is 33.2. The van der Waals surface area contributed by atoms with Gasteiger partial charge in [0.15, 0.2) is 0 Å². The van der Waals surface area contributed by atoms with Crippen molar-refractivity contribution < 1.29 is 17.9 Å². The zero-order valence-electron chi connectivity index (χ0n) is 16.3. The Kier molecular flexibility index (Phi) is 6.85. The lowest BCUT2D eigenvalue weighted by Crippen LogP contribution is -2.48. The molecule has 0 radical (unpaired) electrons. The largest absolute Gasteiger partial charge is 0.373 e. The van der Waals surface area contributed by atoms with Gasteiger partial charge in [-0.1, -0.05) is 11.6 Å². The van der Waals surface area contributed by atoms with Gasteiger partial charge in [-0.05, 0) is 50.4 Å². The van der Waals surface area contributed by atoms with Crippen molar-refractivity contribution in [1.82, 2.24) is 9.29 Å². The predicted octanol–water partition coefficient (Wildman–Crippen LogP) is 3.51. The number of benzene rings is 1. The van der Waals surface area contributed by atoms with Crippen LogP contribution in [0.3, 0.4) is 0 Å². The summed E-state index contributed by atoms with van der Waals surface area (Å²) in [6.45, 7) is 4.10. The second-order valence-electron chi connectivity index (χ2n) is 6.77. The quantitative estimate of drug-likeness (QED) is 0.694. The molecule has 2 heterocycles. The van der Waals surface area contributed by atoms with E-state index in [1.807, 2.05) is 20.1 Å². The van der Waals surface area contributed by atoms with Crippen LogP contribution < -0.4 is 5.32 Å². The molecule has 1 amide bonds. The van der Waals surface area contributed by atoms with Crippen molar-refractivity contribution in [3.63, 3.8) is 0 Å². The number of thioether (sulfide) groups is 1. The molecule has 0 bridgehead atoms. The second kappa shape index (κ2) is 9.01. The molecule has 1 aromatic carbocycles. The van der Waals surface area contributed by atoms with E-state index >= 15 is 0 Å². The maximum absolute atomic E-state index is 13.1. The smallest absolute Gasteiger partial charge is 0.255 e. The standard InChI is InChI=1S/C19H22ClN3O4S2/c1-12-10-23(11-13(2)27-12)29(25,26)17-8-14(4-6-16(17)20)19(24)22-15-5-7-18(28-3)21-9-15/h4-9,12-13H,10-11H2,1-3H3,(H,22,24). The Bertz CT molecular complexity index is 989. The van der Waals surface area contributed by atoms with E-state index in [0.29, 0.717) is 5.69 Å². The molecule has 2 unspecified atom stereocenters. The molecule has 156 valence electrons. The number of hydrogen-bond acceptors (Lipinski definition) is 6. The average molecular weight is 456 g/mol. The van der Waals surface area contributed by atoms with Crippen LogP contribution >= 0.6 is 23.4 Å². The van der Waals surface area contributed by atoms with Gasteiger partial charge in [-0.15, -0.1) is 11.8 Å². The number of halogens is 1. The van der Waals surface area contributed by atoms with Gasteiger partial charge < -0.3 is 10.1 Å². The van der Waals surface area contributed by atoms with Crippen LogP contribution in [0.5, 0.6) is 0 Å². The maximum Gasteiger partial charge on any atom is 0.255 e. The Hall–Kier alpha value is -1.65. The minimum atomic E-state index is -3.87. The van der Waals surface area contributed by atoms with Gasteiger partial charge in [0, 0.05) is 18.7 Å². The Labute approximate surface area is 179 Å². The Morgan fingerprint density at radius 1 is 1.24 bits per heavy atom. The number of sulfonamides is 1. The summed E-state index contributed by atoms with van der Waals surface area (Å²) in [7, 11) is -3.87. The molecule has 0 aliphatic carbocycles. The van der Waals surface area contributed by atoms with E-state index in [1.54, 1.807) is 18.3 Å². The van der Waals surface area contributed by atoms with Gasteiger partial charge in [0.25, 0.3) is 5.91 Å². The number of nitrogens with one attached hydrogen (secondary N) is 1. The fourth-order valence-electron chi connectivity index (χ4n) is 3.09. The van der Waals surface area contributed by atoms with E-state index in [1.165, 1.54) is 34.3 Å². The fourth-order valence-corrected chi connectivity index (χ4v) is 5.54. The third-order valence-corrected chi connectivity index (χ3v) is 7.37. The van der Waals surface area contributed by atoms with Crippen molar-refractivity contribution in [1.29, 1.82) is 0 Å². The molecule has 1 aromatic heterocycles. The number of rotatable bonds is 5. The van der Waals surface area contributed by atoms with Crippen LogP contribution in [0.25, 0.3) is 0 Å². The van der Waals surface area contributed by atoms with E-state index < -0.39 is 15.9 Å². The topological polar surface area (TPSA) is 88.6 Å². The number of carbonyl (C=O) groups is 1. The first-order valence-corrected chi connectivity index (χ1v) is 12.0. The van der Waals surface area contributed by atoms with Crippen LogP contribution in [0.1, 0.15) is 24.2 Å². The molecular weight excluding hydrogens is 434 g/mol. The van der Waals surface area contributed by atoms with Gasteiger partial charge in [0.1, 0.15) is 4.90 Å². The van der Waals surface area contributed by atoms with E-state index in [9.17, 15) is 13.2 Å². The van der Waals surface area contributed by atoms with Crippen molar-refractivity contribution in [3.05, 3.63) is 47.1 Å². The van der Waals surface area contributed by atoms with E-state index in [-0.39, 0.29) is 40.8 Å². The number of ether oxygens (including phenoxy) is 1. The van der Waals surface area contributed by atoms with Gasteiger partial charge in [-0.2, -0.15) is 4.31 Å². The molecule has 2 aromatic rings. The molecule has 2 atom stereocenters. The first-order valence-electron chi connectivity index (χ1n) is 8.97. The highest BCUT2D eigenvalue weighted by molar-refractivity contribution is 7.98. The van der Waals surface area contributed by atoms with Crippen LogP contribution in [-0.2, 0) is 14.8 Å². The van der Waals surface area contributed by atoms with Crippen LogP contribution in [0.2, 0.25) is 5.02 Å². The van der Waals surface area contributed by atoms with E-state index in [4.69, 9.17) is 16.3 Å². The average Bonchev–Trinajstić information content (AvgIpc) is 2.68. The van der Waals surface area contributed by atoms with Crippen molar-refractivity contribution >= 4 is 45.0 Å². The predicted molar refractivity (Wildman–Crippen MR) is 114 cm³/mol. The molecule has 0 spiro atoms. The summed E-state index contributed by atoms with van der Waals surface area (Å²) in [6.07, 6.45) is 3.01. The summed E-state index contributed by atoms with van der Waals surface area (Å²) in [4.78, 5) is 16.7. The number of pyridine rings is 1. The number of morpholine rings is 1. The molecule has 0 saturated carbocycles. The monoisotopic (exact) mass is 455 g/mol. The number of amides is 1. The minimum absolute atomic E-state index is 0.0688. The molecule has 7 nitrogen and oxygen atoms in total. The van der Waals surface area contributed by atoms with Gasteiger partial charge in [-0.3, -0.25) is 4.79 Å². The van der Waals surface area contributed by atoms with Crippen molar-refractivity contribution in [2.45, 2.75) is 36.0 Å². The number of nitrogens with zero attached hydrogens (tertiary/aromatic N) is 2. The molecule has 29 heavy (non-hydrogen) atoms. The molecule has 1 aliphatic rings. The highest BCUT2D eigenvalue weighted by atomic mass is 35.5. The Morgan fingerprint density at radius 2 is 1.93 bits per heavy atom. The zero-order valence-corrected chi connectivity index (χ0v) is 18.6. The summed E-state index contributed by atoms with van der Waals surface area (Å²) in [5.74, 6) is -0.444. The molecule has 10 heteroatoms. The van der Waals surface area contributed by atoms with Crippen LogP contribution in [0.4, 0.5) is 5.69 Å². The summed E-state index contributed by atoms with van der Waals surface area (Å²) in [5, 5.41) is 3.62.